The van der Waals surface area contributed by atoms with E-state index >= 15 is 0 Å². The molecule has 180 valence electrons. The molecule has 0 bridgehead atoms. The summed E-state index contributed by atoms with van der Waals surface area (Å²) in [5, 5.41) is 9.37. The van der Waals surface area contributed by atoms with Crippen molar-refractivity contribution in [3.8, 4) is 11.8 Å². The van der Waals surface area contributed by atoms with Gasteiger partial charge in [0.2, 0.25) is 0 Å². The van der Waals surface area contributed by atoms with Crippen molar-refractivity contribution in [3.05, 3.63) is 59.2 Å². The highest BCUT2D eigenvalue weighted by molar-refractivity contribution is 5.95. The second-order valence-corrected chi connectivity index (χ2v) is 9.21. The number of carbonyl (C=O) groups is 1. The molecular formula is C28H36N4O2. The molecular weight excluding hydrogens is 424 g/mol. The van der Waals surface area contributed by atoms with Crippen LogP contribution in [0.3, 0.4) is 0 Å². The average molecular weight is 461 g/mol. The van der Waals surface area contributed by atoms with E-state index in [0.29, 0.717) is 24.2 Å². The fourth-order valence-electron chi connectivity index (χ4n) is 4.89. The molecule has 4 rings (SSSR count). The van der Waals surface area contributed by atoms with Crippen LogP contribution in [0.15, 0.2) is 42.5 Å². The molecule has 2 fully saturated rings. The number of piperidine rings is 1. The van der Waals surface area contributed by atoms with Gasteiger partial charge in [-0.25, -0.2) is 0 Å². The smallest absolute Gasteiger partial charge is 0.254 e. The number of amides is 1. The van der Waals surface area contributed by atoms with Gasteiger partial charge in [0, 0.05) is 44.0 Å². The fraction of sp³-hybridized carbons (Fsp3) is 0.500. The zero-order valence-corrected chi connectivity index (χ0v) is 20.3. The molecule has 2 aromatic rings. The third-order valence-corrected chi connectivity index (χ3v) is 6.96. The van der Waals surface area contributed by atoms with Crippen molar-refractivity contribution in [3.63, 3.8) is 0 Å². The van der Waals surface area contributed by atoms with Crippen molar-refractivity contribution in [2.45, 2.75) is 39.0 Å². The minimum atomic E-state index is 0.00658. The number of rotatable bonds is 8. The van der Waals surface area contributed by atoms with Crippen molar-refractivity contribution in [2.24, 2.45) is 0 Å². The Labute approximate surface area is 203 Å². The number of anilines is 1. The van der Waals surface area contributed by atoms with E-state index in [2.05, 4.69) is 28.0 Å². The highest BCUT2D eigenvalue weighted by Crippen LogP contribution is 2.22. The summed E-state index contributed by atoms with van der Waals surface area (Å²) in [4.78, 5) is 19.7. The van der Waals surface area contributed by atoms with Gasteiger partial charge in [-0.1, -0.05) is 19.4 Å². The van der Waals surface area contributed by atoms with Crippen LogP contribution < -0.4 is 9.64 Å². The van der Waals surface area contributed by atoms with Crippen LogP contribution in [0.5, 0.6) is 5.75 Å². The fourth-order valence-corrected chi connectivity index (χ4v) is 4.89. The number of nitrogens with zero attached hydrogens (tertiary/aromatic N) is 4. The zero-order valence-electron chi connectivity index (χ0n) is 20.3. The number of carbonyl (C=O) groups excluding carboxylic acids is 1. The van der Waals surface area contributed by atoms with Crippen molar-refractivity contribution in [1.82, 2.24) is 9.80 Å². The van der Waals surface area contributed by atoms with Crippen LogP contribution >= 0.6 is 0 Å². The monoisotopic (exact) mass is 460 g/mol. The van der Waals surface area contributed by atoms with E-state index in [4.69, 9.17) is 4.74 Å². The summed E-state index contributed by atoms with van der Waals surface area (Å²) in [5.74, 6) is 0.923. The van der Waals surface area contributed by atoms with E-state index in [1.807, 2.05) is 36.1 Å². The molecule has 0 saturated carbocycles. The van der Waals surface area contributed by atoms with Crippen LogP contribution in [-0.2, 0) is 6.42 Å². The minimum Gasteiger partial charge on any atom is -0.494 e. The molecule has 2 heterocycles. The Balaban J connectivity index is 1.23. The largest absolute Gasteiger partial charge is 0.494 e. The SMILES string of the molecule is CCc1ccc(C(=O)N2CCN(c3ccc(OCCCN4CCCCC4)cc3)CC2)cc1C#N. The second kappa shape index (κ2) is 11.9. The van der Waals surface area contributed by atoms with Gasteiger partial charge in [-0.2, -0.15) is 5.26 Å². The highest BCUT2D eigenvalue weighted by atomic mass is 16.5. The average Bonchev–Trinajstić information content (AvgIpc) is 2.91. The van der Waals surface area contributed by atoms with Crippen LogP contribution in [0.1, 0.15) is 54.1 Å². The van der Waals surface area contributed by atoms with Crippen molar-refractivity contribution in [1.29, 1.82) is 5.26 Å². The summed E-state index contributed by atoms with van der Waals surface area (Å²) in [6.45, 7) is 9.30. The molecule has 0 N–H and O–H groups in total. The van der Waals surface area contributed by atoms with Crippen molar-refractivity contribution in [2.75, 3.05) is 57.3 Å². The van der Waals surface area contributed by atoms with Gasteiger partial charge in [0.25, 0.3) is 5.91 Å². The lowest BCUT2D eigenvalue weighted by Crippen LogP contribution is -2.48. The number of benzene rings is 2. The second-order valence-electron chi connectivity index (χ2n) is 9.21. The molecule has 2 saturated heterocycles. The van der Waals surface area contributed by atoms with E-state index in [9.17, 15) is 10.1 Å². The molecule has 0 spiro atoms. The molecule has 0 aliphatic carbocycles. The van der Waals surface area contributed by atoms with E-state index in [-0.39, 0.29) is 5.91 Å². The number of aryl methyl sites for hydroxylation is 1. The lowest BCUT2D eigenvalue weighted by molar-refractivity contribution is 0.0746. The first kappa shape index (κ1) is 24.1. The number of piperazine rings is 1. The van der Waals surface area contributed by atoms with Gasteiger partial charge in [0.05, 0.1) is 18.2 Å². The maximum Gasteiger partial charge on any atom is 0.254 e. The van der Waals surface area contributed by atoms with Gasteiger partial charge in [-0.05, 0) is 80.7 Å². The van der Waals surface area contributed by atoms with Crippen LogP contribution in [0, 0.1) is 11.3 Å². The predicted molar refractivity (Wildman–Crippen MR) is 135 cm³/mol. The zero-order chi connectivity index (χ0) is 23.8. The molecule has 2 aromatic carbocycles. The van der Waals surface area contributed by atoms with Crippen LogP contribution in [0.2, 0.25) is 0 Å². The van der Waals surface area contributed by atoms with Crippen LogP contribution in [-0.4, -0.2) is 68.1 Å². The standard InChI is InChI=1S/C28H36N4O2/c1-2-23-7-8-24(21-25(23)22-29)28(33)32-18-16-31(17-19-32)26-9-11-27(12-10-26)34-20-6-15-30-13-4-3-5-14-30/h7-12,21H,2-6,13-20H2,1H3. The van der Waals surface area contributed by atoms with Crippen LogP contribution in [0.25, 0.3) is 0 Å². The van der Waals surface area contributed by atoms with Crippen molar-refractivity contribution < 1.29 is 9.53 Å². The molecule has 2 aliphatic heterocycles. The van der Waals surface area contributed by atoms with Gasteiger partial charge in [-0.3, -0.25) is 4.79 Å². The minimum absolute atomic E-state index is 0.00658. The molecule has 1 amide bonds. The van der Waals surface area contributed by atoms with E-state index < -0.39 is 0 Å². The Morgan fingerprint density at radius 3 is 2.38 bits per heavy atom. The summed E-state index contributed by atoms with van der Waals surface area (Å²) in [7, 11) is 0. The quantitative estimate of drug-likeness (QED) is 0.549. The molecule has 0 radical (unpaired) electrons. The summed E-state index contributed by atoms with van der Waals surface area (Å²) in [6, 6.07) is 16.0. The van der Waals surface area contributed by atoms with Gasteiger partial charge in [0.15, 0.2) is 0 Å². The number of nitriles is 1. The summed E-state index contributed by atoms with van der Waals surface area (Å²) >= 11 is 0. The van der Waals surface area contributed by atoms with Crippen molar-refractivity contribution >= 4 is 11.6 Å². The van der Waals surface area contributed by atoms with Gasteiger partial charge in [0.1, 0.15) is 5.75 Å². The number of hydrogen-bond acceptors (Lipinski definition) is 5. The first-order valence-electron chi connectivity index (χ1n) is 12.7. The molecule has 2 aliphatic rings. The third kappa shape index (κ3) is 6.09. The molecule has 0 unspecified atom stereocenters. The van der Waals surface area contributed by atoms with Crippen LogP contribution in [0.4, 0.5) is 5.69 Å². The first-order valence-corrected chi connectivity index (χ1v) is 12.7. The number of ether oxygens (including phenoxy) is 1. The lowest BCUT2D eigenvalue weighted by Gasteiger charge is -2.36. The molecule has 0 aromatic heterocycles. The lowest BCUT2D eigenvalue weighted by atomic mass is 10.0. The summed E-state index contributed by atoms with van der Waals surface area (Å²) < 4.78 is 5.95. The van der Waals surface area contributed by atoms with E-state index in [0.717, 1.165) is 56.1 Å². The molecule has 6 heteroatoms. The molecule has 6 nitrogen and oxygen atoms in total. The van der Waals surface area contributed by atoms with E-state index in [1.54, 1.807) is 6.07 Å². The molecule has 34 heavy (non-hydrogen) atoms. The Kier molecular flexibility index (Phi) is 8.43. The third-order valence-electron chi connectivity index (χ3n) is 6.96. The Hall–Kier alpha value is -3.04. The highest BCUT2D eigenvalue weighted by Gasteiger charge is 2.23. The van der Waals surface area contributed by atoms with Gasteiger partial charge in [-0.15, -0.1) is 0 Å². The summed E-state index contributed by atoms with van der Waals surface area (Å²) in [6.07, 6.45) is 5.89. The van der Waals surface area contributed by atoms with E-state index in [1.165, 1.54) is 32.4 Å². The Morgan fingerprint density at radius 1 is 0.971 bits per heavy atom. The normalized spacial score (nSPS) is 16.8. The number of likely N-dealkylation sites (tertiary alicyclic amines) is 1. The Morgan fingerprint density at radius 2 is 1.71 bits per heavy atom. The predicted octanol–water partition coefficient (Wildman–Crippen LogP) is 4.34. The molecule has 0 atom stereocenters. The Bertz CT molecular complexity index is 984. The maximum absolute atomic E-state index is 13.0. The van der Waals surface area contributed by atoms with Gasteiger partial charge < -0.3 is 19.4 Å². The topological polar surface area (TPSA) is 59.8 Å². The maximum atomic E-state index is 13.0. The summed E-state index contributed by atoms with van der Waals surface area (Å²) in [5.41, 5.74) is 3.34. The number of hydrogen-bond donors (Lipinski definition) is 0. The first-order chi connectivity index (χ1) is 16.7. The van der Waals surface area contributed by atoms with Gasteiger partial charge >= 0.3 is 0 Å².